The van der Waals surface area contributed by atoms with E-state index < -0.39 is 8.80 Å². The second-order valence-electron chi connectivity index (χ2n) is 37.4. The van der Waals surface area contributed by atoms with E-state index in [-0.39, 0.29) is 45.3 Å². The van der Waals surface area contributed by atoms with Gasteiger partial charge in [-0.3, -0.25) is 0 Å². The van der Waals surface area contributed by atoms with Gasteiger partial charge in [-0.15, -0.1) is 0 Å². The topological polar surface area (TPSA) is 27.7 Å². The fraction of sp³-hybridized carbons (Fsp3) is 0.340. The molecule has 0 bridgehead atoms. The molecular formula is C97H74O3Si. The van der Waals surface area contributed by atoms with Gasteiger partial charge in [0.15, 0.2) is 0 Å². The van der Waals surface area contributed by atoms with Crippen molar-refractivity contribution < 1.29 is 13.3 Å². The number of hydrogen-bond donors (Lipinski definition) is 0. The van der Waals surface area contributed by atoms with Crippen molar-refractivity contribution in [2.75, 3.05) is 21.3 Å². The Kier molecular flexibility index (Phi) is 7.28. The van der Waals surface area contributed by atoms with E-state index in [1.54, 1.807) is 229 Å². The molecule has 0 saturated heterocycles. The van der Waals surface area contributed by atoms with Gasteiger partial charge in [0.1, 0.15) is 0 Å². The number of allylic oxidation sites excluding steroid dienone is 12. The Morgan fingerprint density at radius 3 is 1.35 bits per heavy atom. The lowest BCUT2D eigenvalue weighted by Gasteiger charge is -2.64. The third-order valence-electron chi connectivity index (χ3n) is 35.4. The molecule has 2 saturated carbocycles. The van der Waals surface area contributed by atoms with E-state index in [2.05, 4.69) is 154 Å². The molecule has 0 heterocycles. The molecule has 4 heteroatoms. The van der Waals surface area contributed by atoms with Crippen LogP contribution in [0, 0.1) is 35.0 Å². The average Bonchev–Trinajstić information content (AvgIpc) is 1.42. The smallest absolute Gasteiger partial charge is 0.377 e. The lowest BCUT2D eigenvalue weighted by atomic mass is 9.37. The second kappa shape index (κ2) is 14.0. The molecule has 0 aliphatic heterocycles. The van der Waals surface area contributed by atoms with Gasteiger partial charge in [-0.1, -0.05) is 145 Å². The molecule has 0 amide bonds. The molecular weight excluding hydrogens is 1240 g/mol. The third-order valence-corrected chi connectivity index (χ3v) is 38.3. The highest BCUT2D eigenvalue weighted by Crippen LogP contribution is 2.89. The molecule has 16 aromatic rings. The maximum atomic E-state index is 6.14. The zero-order valence-corrected chi connectivity index (χ0v) is 59.9. The van der Waals surface area contributed by atoms with Crippen LogP contribution in [0.25, 0.3) is 162 Å². The third kappa shape index (κ3) is 3.93. The molecule has 16 aromatic carbocycles. The molecule has 0 radical (unpaired) electrons. The van der Waals surface area contributed by atoms with Crippen LogP contribution in [0.15, 0.2) is 130 Å². The monoisotopic (exact) mass is 1310 g/mol. The summed E-state index contributed by atoms with van der Waals surface area (Å²) in [6, 6.07) is 31.3. The molecule has 484 valence electrons. The summed E-state index contributed by atoms with van der Waals surface area (Å²) in [5.74, 6) is 3.50. The van der Waals surface area contributed by atoms with Crippen LogP contribution >= 0.6 is 0 Å². The van der Waals surface area contributed by atoms with Gasteiger partial charge in [-0.05, 0) is 351 Å². The van der Waals surface area contributed by atoms with Gasteiger partial charge in [0, 0.05) is 71.2 Å². The maximum absolute atomic E-state index is 6.14. The zero-order valence-electron chi connectivity index (χ0n) is 58.9. The lowest BCUT2D eigenvalue weighted by Crippen LogP contribution is -2.60. The van der Waals surface area contributed by atoms with Crippen molar-refractivity contribution in [2.24, 2.45) is 35.0 Å². The van der Waals surface area contributed by atoms with Crippen LogP contribution < -0.4 is 0 Å². The molecule has 2 fully saturated rings. The standard InChI is InChI=1S/C51H42O3Si.C45H28.CH4/c1-20-18-28-26-14-12-24-22-10-11-23-25-13-15-27-29-19-21(2)41-30(20)46-47-49(4)43-39-37(33(24)35(26)42(43)48(28,46)3)31(22)32(23)38-34(25)36(27)45(44(49)40(38)39)50(29,5)51(41,47)16-9-17-55(52-6,53-7)54-8;1-14-12-22-20-10-8-18-16-6-7-17-19-9-11-21-23-13-15(2)25-24(14)36-42-37(25)44(23,4)39-31(21)29(19)33-27(17)26(16)32-28(18)30(20)38(43(22,36)3)40-34(32)35(33)41(39)45(40,42)5;/h10-15,18,20-21,29H,9,16-17,19H2,1-8H3;6-12,14-15,23,37H,13H2,1-5H3;1H4/t20?,21?,29?,48?,49-,50?,51?;14?,15?,23?,37?,43?,44?,45-;/m11./s1. The van der Waals surface area contributed by atoms with Crippen LogP contribution in [0.3, 0.4) is 0 Å². The van der Waals surface area contributed by atoms with Gasteiger partial charge in [0.2, 0.25) is 0 Å². The summed E-state index contributed by atoms with van der Waals surface area (Å²) in [5, 5.41) is 44.1. The number of hydrogen-bond acceptors (Lipinski definition) is 3. The summed E-state index contributed by atoms with van der Waals surface area (Å²) in [5.41, 5.74) is 37.3. The minimum Gasteiger partial charge on any atom is -0.377 e. The Bertz CT molecular complexity index is 7440. The minimum atomic E-state index is -2.80. The van der Waals surface area contributed by atoms with Crippen molar-refractivity contribution >= 4 is 171 Å². The summed E-state index contributed by atoms with van der Waals surface area (Å²) in [7, 11) is 2.57. The maximum Gasteiger partial charge on any atom is 0.500 e. The summed E-state index contributed by atoms with van der Waals surface area (Å²) < 4.78 is 18.4. The van der Waals surface area contributed by atoms with Crippen molar-refractivity contribution in [3.8, 4) is 0 Å². The van der Waals surface area contributed by atoms with Crippen molar-refractivity contribution in [3.63, 3.8) is 0 Å². The Hall–Kier alpha value is -8.22. The van der Waals surface area contributed by atoms with Gasteiger partial charge in [0.05, 0.1) is 0 Å². The van der Waals surface area contributed by atoms with E-state index in [1.165, 1.54) is 61.5 Å². The van der Waals surface area contributed by atoms with E-state index in [0.29, 0.717) is 41.4 Å². The van der Waals surface area contributed by atoms with Crippen LogP contribution in [-0.4, -0.2) is 30.1 Å². The minimum absolute atomic E-state index is 0. The van der Waals surface area contributed by atoms with E-state index in [9.17, 15) is 0 Å². The predicted molar refractivity (Wildman–Crippen MR) is 419 cm³/mol. The van der Waals surface area contributed by atoms with E-state index >= 15 is 0 Å². The average molecular weight is 1320 g/mol. The molecule has 16 aliphatic carbocycles. The second-order valence-corrected chi connectivity index (χ2v) is 40.5. The van der Waals surface area contributed by atoms with Crippen LogP contribution in [0.5, 0.6) is 0 Å². The van der Waals surface area contributed by atoms with E-state index in [1.807, 2.05) is 16.7 Å². The predicted octanol–water partition coefficient (Wildman–Crippen LogP) is 23.8. The first-order chi connectivity index (χ1) is 48.4. The first kappa shape index (κ1) is 52.7. The first-order valence-electron chi connectivity index (χ1n) is 38.6. The molecule has 0 spiro atoms. The zero-order chi connectivity index (χ0) is 65.5. The fourth-order valence-electron chi connectivity index (χ4n) is 33.3. The van der Waals surface area contributed by atoms with Gasteiger partial charge >= 0.3 is 8.80 Å². The molecule has 0 N–H and O–H groups in total. The SMILES string of the molecule is C.CC1C=C2c3ccc4c5ccc6c7ccc8c9c%10c%11c%12c%13c%14c(c3c4c%13c5c6c%12c97)C2(C)C2=C(C3C(=C21)C(C)CC8C%103C)[C@]%14%11C.CO[Si](CCCC12C3=C4C5=C1[C@]1(C)c6c7c8c(ccc9c%10ccc%11c%12ccc%13c%14c(c1c1c6c(c89)c%10c%11c1c%14%12)C2(C)C%13CC3C)C(=CC4C)C57C)(OC)OC. The highest BCUT2D eigenvalue weighted by atomic mass is 28.4. The van der Waals surface area contributed by atoms with Crippen LogP contribution in [0.2, 0.25) is 6.04 Å². The van der Waals surface area contributed by atoms with Crippen molar-refractivity contribution in [3.05, 3.63) is 196 Å². The number of benzene rings is 12. The molecule has 0 aromatic heterocycles. The normalized spacial score (nSPS) is 34.8. The highest BCUT2D eigenvalue weighted by Gasteiger charge is 2.79. The van der Waals surface area contributed by atoms with Crippen LogP contribution in [0.4, 0.5) is 0 Å². The fourth-order valence-corrected chi connectivity index (χ4v) is 35.1. The number of fused-ring (bicyclic) bond motifs is 8. The molecule has 12 unspecified atom stereocenters. The lowest BCUT2D eigenvalue weighted by molar-refractivity contribution is 0.0877. The van der Waals surface area contributed by atoms with Crippen LogP contribution in [0.1, 0.15) is 181 Å². The summed E-state index contributed by atoms with van der Waals surface area (Å²) in [4.78, 5) is 0. The van der Waals surface area contributed by atoms with E-state index in [4.69, 9.17) is 13.3 Å². The molecule has 14 atom stereocenters. The number of rotatable bonds is 7. The summed E-state index contributed by atoms with van der Waals surface area (Å²) in [6.45, 7) is 26.8. The Balaban J connectivity index is 0.000000109. The largest absolute Gasteiger partial charge is 0.500 e. The Morgan fingerprint density at radius 2 is 0.812 bits per heavy atom. The van der Waals surface area contributed by atoms with Crippen LogP contribution in [-0.2, 0) is 45.8 Å². The Morgan fingerprint density at radius 1 is 0.396 bits per heavy atom. The van der Waals surface area contributed by atoms with Crippen molar-refractivity contribution in [1.29, 1.82) is 0 Å². The molecule has 3 nitrogen and oxygen atoms in total. The highest BCUT2D eigenvalue weighted by molar-refractivity contribution is 6.61. The summed E-state index contributed by atoms with van der Waals surface area (Å²) >= 11 is 0. The quantitative estimate of drug-likeness (QED) is 0.118. The van der Waals surface area contributed by atoms with Gasteiger partial charge in [-0.25, -0.2) is 0 Å². The van der Waals surface area contributed by atoms with Crippen molar-refractivity contribution in [1.82, 2.24) is 0 Å². The van der Waals surface area contributed by atoms with Gasteiger partial charge in [0.25, 0.3) is 0 Å². The van der Waals surface area contributed by atoms with Gasteiger partial charge < -0.3 is 13.3 Å². The van der Waals surface area contributed by atoms with E-state index in [0.717, 1.165) is 18.9 Å². The van der Waals surface area contributed by atoms with Gasteiger partial charge in [-0.2, -0.15) is 0 Å². The Labute approximate surface area is 585 Å². The molecule has 32 rings (SSSR count). The summed E-state index contributed by atoms with van der Waals surface area (Å²) in [6.07, 6.45) is 10.1. The molecule has 101 heavy (non-hydrogen) atoms. The molecule has 16 aliphatic rings. The first-order valence-corrected chi connectivity index (χ1v) is 40.6. The van der Waals surface area contributed by atoms with Crippen molar-refractivity contribution in [2.45, 2.75) is 153 Å².